The number of hydrogen-bond donors (Lipinski definition) is 1. The Morgan fingerprint density at radius 2 is 1.74 bits per heavy atom. The van der Waals surface area contributed by atoms with Crippen LogP contribution in [0.5, 0.6) is 0 Å². The molecule has 0 aromatic heterocycles. The maximum Gasteiger partial charge on any atom is 0.227 e. The smallest absolute Gasteiger partial charge is 0.227 e. The molecule has 2 heteroatoms. The number of benzene rings is 1. The van der Waals surface area contributed by atoms with Crippen molar-refractivity contribution in [2.24, 2.45) is 11.8 Å². The number of unbranched alkanes of at least 4 members (excludes halogenated alkanes) is 1. The Kier molecular flexibility index (Phi) is 8.98. The summed E-state index contributed by atoms with van der Waals surface area (Å²) in [5.41, 5.74) is 2.46. The summed E-state index contributed by atoms with van der Waals surface area (Å²) in [7, 11) is 0. The molecular formula is C21H35NO. The zero-order valence-corrected chi connectivity index (χ0v) is 15.7. The van der Waals surface area contributed by atoms with Crippen molar-refractivity contribution in [2.75, 3.05) is 6.54 Å². The molecule has 1 N–H and O–H groups in total. The largest absolute Gasteiger partial charge is 0.355 e. The first-order chi connectivity index (χ1) is 11.0. The van der Waals surface area contributed by atoms with Gasteiger partial charge in [0.05, 0.1) is 5.92 Å². The third-order valence-electron chi connectivity index (χ3n) is 4.63. The van der Waals surface area contributed by atoms with Crippen LogP contribution in [-0.4, -0.2) is 12.5 Å². The summed E-state index contributed by atoms with van der Waals surface area (Å²) in [4.78, 5) is 12.4. The highest BCUT2D eigenvalue weighted by molar-refractivity contribution is 5.83. The van der Waals surface area contributed by atoms with Crippen molar-refractivity contribution >= 4 is 5.91 Å². The van der Waals surface area contributed by atoms with Crippen molar-refractivity contribution in [1.82, 2.24) is 5.32 Å². The Labute approximate surface area is 143 Å². The van der Waals surface area contributed by atoms with Crippen molar-refractivity contribution in [3.8, 4) is 0 Å². The first kappa shape index (κ1) is 19.7. The summed E-state index contributed by atoms with van der Waals surface area (Å²) >= 11 is 0. The minimum absolute atomic E-state index is 0.0771. The van der Waals surface area contributed by atoms with Crippen molar-refractivity contribution in [2.45, 2.75) is 72.6 Å². The van der Waals surface area contributed by atoms with E-state index in [0.29, 0.717) is 11.8 Å². The van der Waals surface area contributed by atoms with Crippen LogP contribution < -0.4 is 5.32 Å². The number of nitrogens with one attached hydrogen (secondary N) is 1. The van der Waals surface area contributed by atoms with Crippen LogP contribution >= 0.6 is 0 Å². The lowest BCUT2D eigenvalue weighted by molar-refractivity contribution is -0.122. The first-order valence-corrected chi connectivity index (χ1v) is 9.34. The standard InChI is InChI=1S/C21H35NO/c1-6-8-9-18(7-2)15-22-21(23)17(5)20-12-10-19(11-13-20)14-16(3)4/h10-13,16-18H,6-9,14-15H2,1-5H3,(H,22,23)/t17-,18+/m0/s1. The van der Waals surface area contributed by atoms with E-state index >= 15 is 0 Å². The van der Waals surface area contributed by atoms with E-state index in [0.717, 1.165) is 24.9 Å². The van der Waals surface area contributed by atoms with Crippen LogP contribution in [0.15, 0.2) is 24.3 Å². The van der Waals surface area contributed by atoms with Gasteiger partial charge in [-0.05, 0) is 42.7 Å². The summed E-state index contributed by atoms with van der Waals surface area (Å²) in [6.07, 6.45) is 5.92. The van der Waals surface area contributed by atoms with Crippen molar-refractivity contribution in [1.29, 1.82) is 0 Å². The number of carbonyl (C=O) groups excluding carboxylic acids is 1. The lowest BCUT2D eigenvalue weighted by Crippen LogP contribution is -2.32. The molecule has 1 aromatic rings. The molecule has 0 aliphatic carbocycles. The molecule has 0 radical (unpaired) electrons. The second-order valence-corrected chi connectivity index (χ2v) is 7.22. The van der Waals surface area contributed by atoms with E-state index in [1.165, 1.54) is 24.8 Å². The molecule has 1 aromatic carbocycles. The summed E-state index contributed by atoms with van der Waals surface area (Å²) in [6, 6.07) is 8.54. The molecule has 23 heavy (non-hydrogen) atoms. The molecular weight excluding hydrogens is 282 g/mol. The highest BCUT2D eigenvalue weighted by Crippen LogP contribution is 2.18. The summed E-state index contributed by atoms with van der Waals surface area (Å²) in [5.74, 6) is 1.35. The average molecular weight is 318 g/mol. The van der Waals surface area contributed by atoms with Gasteiger partial charge in [-0.2, -0.15) is 0 Å². The van der Waals surface area contributed by atoms with Gasteiger partial charge < -0.3 is 5.32 Å². The van der Waals surface area contributed by atoms with E-state index in [2.05, 4.69) is 57.3 Å². The molecule has 0 bridgehead atoms. The molecule has 2 nitrogen and oxygen atoms in total. The maximum absolute atomic E-state index is 12.4. The Bertz CT molecular complexity index is 449. The number of carbonyl (C=O) groups is 1. The van der Waals surface area contributed by atoms with Crippen LogP contribution in [-0.2, 0) is 11.2 Å². The molecule has 0 aliphatic heterocycles. The van der Waals surface area contributed by atoms with Gasteiger partial charge in [0.1, 0.15) is 0 Å². The molecule has 1 rings (SSSR count). The van der Waals surface area contributed by atoms with Gasteiger partial charge in [0.2, 0.25) is 5.91 Å². The van der Waals surface area contributed by atoms with E-state index < -0.39 is 0 Å². The summed E-state index contributed by atoms with van der Waals surface area (Å²) in [5, 5.41) is 3.15. The minimum atomic E-state index is -0.0771. The van der Waals surface area contributed by atoms with Crippen LogP contribution in [0.3, 0.4) is 0 Å². The third kappa shape index (κ3) is 7.20. The van der Waals surface area contributed by atoms with Gasteiger partial charge in [0.25, 0.3) is 0 Å². The van der Waals surface area contributed by atoms with E-state index in [1.807, 2.05) is 6.92 Å². The Morgan fingerprint density at radius 3 is 2.26 bits per heavy atom. The number of hydrogen-bond acceptors (Lipinski definition) is 1. The van der Waals surface area contributed by atoms with Crippen LogP contribution in [0.25, 0.3) is 0 Å². The monoisotopic (exact) mass is 317 g/mol. The topological polar surface area (TPSA) is 29.1 Å². The van der Waals surface area contributed by atoms with Gasteiger partial charge in [-0.15, -0.1) is 0 Å². The first-order valence-electron chi connectivity index (χ1n) is 9.34. The van der Waals surface area contributed by atoms with Crippen LogP contribution in [0, 0.1) is 11.8 Å². The summed E-state index contributed by atoms with van der Waals surface area (Å²) in [6.45, 7) is 11.7. The quantitative estimate of drug-likeness (QED) is 0.621. The lowest BCUT2D eigenvalue weighted by atomic mass is 9.95. The van der Waals surface area contributed by atoms with Gasteiger partial charge in [-0.25, -0.2) is 0 Å². The molecule has 0 saturated carbocycles. The van der Waals surface area contributed by atoms with E-state index in [4.69, 9.17) is 0 Å². The normalized spacial score (nSPS) is 13.8. The van der Waals surface area contributed by atoms with Crippen LogP contribution in [0.4, 0.5) is 0 Å². The van der Waals surface area contributed by atoms with Gasteiger partial charge in [0.15, 0.2) is 0 Å². The maximum atomic E-state index is 12.4. The second-order valence-electron chi connectivity index (χ2n) is 7.22. The van der Waals surface area contributed by atoms with Crippen LogP contribution in [0.2, 0.25) is 0 Å². The average Bonchev–Trinajstić information content (AvgIpc) is 2.54. The van der Waals surface area contributed by atoms with Crippen molar-refractivity contribution < 1.29 is 4.79 Å². The molecule has 2 atom stereocenters. The van der Waals surface area contributed by atoms with Gasteiger partial charge in [-0.3, -0.25) is 4.79 Å². The molecule has 130 valence electrons. The number of rotatable bonds is 10. The fourth-order valence-electron chi connectivity index (χ4n) is 2.91. The van der Waals surface area contributed by atoms with Gasteiger partial charge in [-0.1, -0.05) is 71.2 Å². The predicted molar refractivity (Wildman–Crippen MR) is 99.7 cm³/mol. The van der Waals surface area contributed by atoms with E-state index in [1.54, 1.807) is 0 Å². The highest BCUT2D eigenvalue weighted by atomic mass is 16.1. The van der Waals surface area contributed by atoms with Gasteiger partial charge in [0, 0.05) is 6.54 Å². The Balaban J connectivity index is 2.52. The zero-order chi connectivity index (χ0) is 17.2. The minimum Gasteiger partial charge on any atom is -0.355 e. The Hall–Kier alpha value is -1.31. The lowest BCUT2D eigenvalue weighted by Gasteiger charge is -2.18. The molecule has 0 fully saturated rings. The van der Waals surface area contributed by atoms with Crippen LogP contribution in [0.1, 0.15) is 77.3 Å². The van der Waals surface area contributed by atoms with Crippen molar-refractivity contribution in [3.05, 3.63) is 35.4 Å². The molecule has 0 unspecified atom stereocenters. The SMILES string of the molecule is CCCC[C@@H](CC)CNC(=O)[C@@H](C)c1ccc(CC(C)C)cc1. The molecule has 0 aliphatic rings. The highest BCUT2D eigenvalue weighted by Gasteiger charge is 2.16. The fraction of sp³-hybridized carbons (Fsp3) is 0.667. The van der Waals surface area contributed by atoms with Gasteiger partial charge >= 0.3 is 0 Å². The summed E-state index contributed by atoms with van der Waals surface area (Å²) < 4.78 is 0. The number of amides is 1. The zero-order valence-electron chi connectivity index (χ0n) is 15.7. The predicted octanol–water partition coefficient (Wildman–Crippen LogP) is 5.32. The fourth-order valence-corrected chi connectivity index (χ4v) is 2.91. The molecule has 0 heterocycles. The van der Waals surface area contributed by atoms with E-state index in [-0.39, 0.29) is 11.8 Å². The Morgan fingerprint density at radius 1 is 1.09 bits per heavy atom. The molecule has 1 amide bonds. The third-order valence-corrected chi connectivity index (χ3v) is 4.63. The molecule has 0 saturated heterocycles. The molecule has 0 spiro atoms. The second kappa shape index (κ2) is 10.5. The van der Waals surface area contributed by atoms with Crippen molar-refractivity contribution in [3.63, 3.8) is 0 Å². The van der Waals surface area contributed by atoms with E-state index in [9.17, 15) is 4.79 Å².